The fourth-order valence-corrected chi connectivity index (χ4v) is 3.18. The molecule has 0 amide bonds. The molecule has 0 aromatic carbocycles. The number of halogens is 2. The van der Waals surface area contributed by atoms with Gasteiger partial charge in [-0.3, -0.25) is 15.0 Å². The Balaban J connectivity index is 1.79. The number of pyridine rings is 3. The lowest BCUT2D eigenvalue weighted by Gasteiger charge is -2.12. The molecule has 0 spiro atoms. The van der Waals surface area contributed by atoms with E-state index in [-0.39, 0.29) is 5.57 Å². The molecule has 30 heavy (non-hydrogen) atoms. The van der Waals surface area contributed by atoms with E-state index < -0.39 is 0 Å². The molecule has 3 heterocycles. The highest BCUT2D eigenvalue weighted by molar-refractivity contribution is 6.37. The molecule has 0 saturated heterocycles. The van der Waals surface area contributed by atoms with Crippen molar-refractivity contribution in [3.63, 3.8) is 0 Å². The normalized spacial score (nSPS) is 11.1. The van der Waals surface area contributed by atoms with Crippen molar-refractivity contribution < 1.29 is 9.47 Å². The van der Waals surface area contributed by atoms with Gasteiger partial charge in [0.25, 0.3) is 0 Å². The predicted molar refractivity (Wildman–Crippen MR) is 117 cm³/mol. The van der Waals surface area contributed by atoms with Gasteiger partial charge in [0.05, 0.1) is 41.2 Å². The van der Waals surface area contributed by atoms with Crippen molar-refractivity contribution in [2.24, 2.45) is 0 Å². The minimum absolute atomic E-state index is 0.285. The number of nitrogens with zero attached hydrogens (tertiary/aromatic N) is 4. The van der Waals surface area contributed by atoms with Crippen molar-refractivity contribution in [3.05, 3.63) is 76.0 Å². The first-order valence-corrected chi connectivity index (χ1v) is 9.85. The van der Waals surface area contributed by atoms with Gasteiger partial charge in [-0.1, -0.05) is 29.3 Å². The maximum Gasteiger partial charge on any atom is 0.179 e. The molecular weight excluding hydrogens is 423 g/mol. The van der Waals surface area contributed by atoms with Crippen LogP contribution in [0.1, 0.15) is 23.2 Å². The number of hydrogen-bond donors (Lipinski definition) is 0. The fourth-order valence-electron chi connectivity index (χ4n) is 2.71. The van der Waals surface area contributed by atoms with Gasteiger partial charge in [-0.2, -0.15) is 5.26 Å². The molecule has 0 N–H and O–H groups in total. The monoisotopic (exact) mass is 440 g/mol. The van der Waals surface area contributed by atoms with Crippen LogP contribution in [0.25, 0.3) is 11.6 Å². The Bertz CT molecular complexity index is 1060. The Hall–Kier alpha value is -3.14. The number of ether oxygens (including phenoxy) is 2. The van der Waals surface area contributed by atoms with Gasteiger partial charge in [0.1, 0.15) is 6.07 Å². The van der Waals surface area contributed by atoms with Gasteiger partial charge < -0.3 is 9.47 Å². The van der Waals surface area contributed by atoms with Gasteiger partial charge >= 0.3 is 0 Å². The van der Waals surface area contributed by atoms with Gasteiger partial charge in [-0.05, 0) is 30.5 Å². The molecule has 0 fully saturated rings. The first kappa shape index (κ1) is 21.6. The number of hydrogen-bond acceptors (Lipinski definition) is 6. The minimum Gasteiger partial charge on any atom is -0.491 e. The molecular formula is C22H18Cl2N4O2. The lowest BCUT2D eigenvalue weighted by molar-refractivity contribution is 0.288. The van der Waals surface area contributed by atoms with E-state index in [0.717, 1.165) is 18.4 Å². The first-order chi connectivity index (χ1) is 14.6. The molecule has 0 aliphatic carbocycles. The number of aryl methyl sites for hydroxylation is 1. The summed E-state index contributed by atoms with van der Waals surface area (Å²) in [6.45, 7) is 0.475. The molecule has 0 bridgehead atoms. The SMILES string of the molecule is COc1cnc(/C(C#N)=C/c2c(Cl)cncc2Cl)cc1OCCCc1cccnc1. The fraction of sp³-hybridized carbons (Fsp3) is 0.182. The summed E-state index contributed by atoms with van der Waals surface area (Å²) in [5, 5.41) is 10.3. The number of allylic oxidation sites excluding steroid dienone is 1. The molecule has 0 aliphatic rings. The van der Waals surface area contributed by atoms with Crippen molar-refractivity contribution in [2.75, 3.05) is 13.7 Å². The number of rotatable bonds is 8. The van der Waals surface area contributed by atoms with E-state index in [9.17, 15) is 5.26 Å². The lowest BCUT2D eigenvalue weighted by atomic mass is 10.1. The molecule has 8 heteroatoms. The quantitative estimate of drug-likeness (QED) is 0.350. The lowest BCUT2D eigenvalue weighted by Crippen LogP contribution is -2.02. The standard InChI is InChI=1S/C22H18Cl2N4O2/c1-29-22-14-28-20(16(10-25)8-17-18(23)12-27-13-19(17)24)9-21(22)30-7-3-5-15-4-2-6-26-11-15/h2,4,6,8-9,11-14H,3,5,7H2,1H3/b16-8+. The molecule has 3 aromatic rings. The second kappa shape index (κ2) is 10.6. The van der Waals surface area contributed by atoms with Crippen LogP contribution in [0.2, 0.25) is 10.0 Å². The summed E-state index contributed by atoms with van der Waals surface area (Å²) in [5.41, 5.74) is 2.35. The summed E-state index contributed by atoms with van der Waals surface area (Å²) >= 11 is 12.3. The highest BCUT2D eigenvalue weighted by atomic mass is 35.5. The van der Waals surface area contributed by atoms with Crippen LogP contribution in [0.15, 0.2) is 49.2 Å². The molecule has 0 saturated carbocycles. The Kier molecular flexibility index (Phi) is 7.61. The Morgan fingerprint density at radius 3 is 2.60 bits per heavy atom. The van der Waals surface area contributed by atoms with Crippen molar-refractivity contribution in [2.45, 2.75) is 12.8 Å². The van der Waals surface area contributed by atoms with Crippen LogP contribution in [0, 0.1) is 11.3 Å². The van der Waals surface area contributed by atoms with Crippen molar-refractivity contribution in [1.82, 2.24) is 15.0 Å². The third kappa shape index (κ3) is 5.47. The Morgan fingerprint density at radius 2 is 1.93 bits per heavy atom. The van der Waals surface area contributed by atoms with Crippen molar-refractivity contribution >= 4 is 34.9 Å². The second-order valence-electron chi connectivity index (χ2n) is 6.22. The van der Waals surface area contributed by atoms with Crippen molar-refractivity contribution in [3.8, 4) is 17.6 Å². The molecule has 3 aromatic heterocycles. The highest BCUT2D eigenvalue weighted by Gasteiger charge is 2.13. The zero-order valence-corrected chi connectivity index (χ0v) is 17.7. The van der Waals surface area contributed by atoms with Crippen LogP contribution >= 0.6 is 23.2 Å². The zero-order valence-electron chi connectivity index (χ0n) is 16.2. The van der Waals surface area contributed by atoms with Gasteiger partial charge in [-0.25, -0.2) is 0 Å². The first-order valence-electron chi connectivity index (χ1n) is 9.09. The van der Waals surface area contributed by atoms with E-state index in [0.29, 0.717) is 39.4 Å². The summed E-state index contributed by atoms with van der Waals surface area (Å²) in [6.07, 6.45) is 11.3. The summed E-state index contributed by atoms with van der Waals surface area (Å²) in [6, 6.07) is 7.73. The highest BCUT2D eigenvalue weighted by Crippen LogP contribution is 2.31. The Morgan fingerprint density at radius 1 is 1.13 bits per heavy atom. The molecule has 152 valence electrons. The van der Waals surface area contributed by atoms with Crippen molar-refractivity contribution in [1.29, 1.82) is 5.26 Å². The predicted octanol–water partition coefficient (Wildman–Crippen LogP) is 5.26. The molecule has 0 radical (unpaired) electrons. The molecule has 0 aliphatic heterocycles. The van der Waals surface area contributed by atoms with Crippen LogP contribution in [0.5, 0.6) is 11.5 Å². The summed E-state index contributed by atoms with van der Waals surface area (Å²) < 4.78 is 11.2. The summed E-state index contributed by atoms with van der Waals surface area (Å²) in [4.78, 5) is 12.3. The van der Waals surface area contributed by atoms with Gasteiger partial charge in [0.2, 0.25) is 0 Å². The van der Waals surface area contributed by atoms with Crippen LogP contribution in [-0.2, 0) is 6.42 Å². The number of nitriles is 1. The van der Waals surface area contributed by atoms with E-state index in [2.05, 4.69) is 21.0 Å². The molecule has 0 atom stereocenters. The van der Waals surface area contributed by atoms with Crippen LogP contribution in [-0.4, -0.2) is 28.7 Å². The van der Waals surface area contributed by atoms with E-state index in [1.807, 2.05) is 18.3 Å². The third-order valence-corrected chi connectivity index (χ3v) is 4.82. The van der Waals surface area contributed by atoms with E-state index in [1.54, 1.807) is 18.3 Å². The van der Waals surface area contributed by atoms with Gasteiger partial charge in [0.15, 0.2) is 11.5 Å². The number of methoxy groups -OCH3 is 1. The van der Waals surface area contributed by atoms with Gasteiger partial charge in [-0.15, -0.1) is 0 Å². The smallest absolute Gasteiger partial charge is 0.179 e. The molecule has 6 nitrogen and oxygen atoms in total. The third-order valence-electron chi connectivity index (χ3n) is 4.22. The maximum atomic E-state index is 9.64. The zero-order chi connectivity index (χ0) is 21.3. The second-order valence-corrected chi connectivity index (χ2v) is 7.03. The molecule has 3 rings (SSSR count). The summed E-state index contributed by atoms with van der Waals surface area (Å²) in [5.74, 6) is 0.985. The van der Waals surface area contributed by atoms with Crippen LogP contribution in [0.3, 0.4) is 0 Å². The molecule has 0 unspecified atom stereocenters. The number of aromatic nitrogens is 3. The average molecular weight is 441 g/mol. The topological polar surface area (TPSA) is 80.9 Å². The van der Waals surface area contributed by atoms with E-state index in [1.165, 1.54) is 25.7 Å². The average Bonchev–Trinajstić information content (AvgIpc) is 2.77. The summed E-state index contributed by atoms with van der Waals surface area (Å²) in [7, 11) is 1.54. The largest absolute Gasteiger partial charge is 0.491 e. The van der Waals surface area contributed by atoms with Crippen LogP contribution in [0.4, 0.5) is 0 Å². The Labute approximate surface area is 184 Å². The van der Waals surface area contributed by atoms with E-state index >= 15 is 0 Å². The van der Waals surface area contributed by atoms with Crippen LogP contribution < -0.4 is 9.47 Å². The minimum atomic E-state index is 0.285. The maximum absolute atomic E-state index is 9.64. The van der Waals surface area contributed by atoms with E-state index in [4.69, 9.17) is 32.7 Å². The van der Waals surface area contributed by atoms with Gasteiger partial charge in [0, 0.05) is 36.4 Å².